The summed E-state index contributed by atoms with van der Waals surface area (Å²) in [6.07, 6.45) is 0.825. The van der Waals surface area contributed by atoms with Gasteiger partial charge >= 0.3 is 5.97 Å². The van der Waals surface area contributed by atoms with E-state index in [9.17, 15) is 4.79 Å². The zero-order valence-corrected chi connectivity index (χ0v) is 4.55. The van der Waals surface area contributed by atoms with Gasteiger partial charge in [-0.2, -0.15) is 0 Å². The molecule has 1 saturated heterocycles. The van der Waals surface area contributed by atoms with E-state index in [1.807, 2.05) is 0 Å². The average Bonchev–Trinajstić information content (AvgIpc) is 1.94. The van der Waals surface area contributed by atoms with Gasteiger partial charge in [0.15, 0.2) is 0 Å². The molecule has 1 aliphatic heterocycles. The summed E-state index contributed by atoms with van der Waals surface area (Å²) in [7, 11) is 0. The van der Waals surface area contributed by atoms with Gasteiger partial charge < -0.3 is 9.47 Å². The van der Waals surface area contributed by atoms with Crippen molar-refractivity contribution in [3.05, 3.63) is 0 Å². The number of cyclic esters (lactones) is 1. The molecule has 0 radical (unpaired) electrons. The number of rotatable bonds is 0. The fourth-order valence-corrected chi connectivity index (χ4v) is 0.544. The summed E-state index contributed by atoms with van der Waals surface area (Å²) in [5, 5.41) is 0. The van der Waals surface area contributed by atoms with Crippen LogP contribution in [0.1, 0.15) is 6.42 Å². The van der Waals surface area contributed by atoms with E-state index in [0.717, 1.165) is 6.42 Å². The molecule has 0 spiro atoms. The molecule has 0 unspecified atom stereocenters. The van der Waals surface area contributed by atoms with Crippen molar-refractivity contribution in [1.82, 2.24) is 0 Å². The van der Waals surface area contributed by atoms with Crippen molar-refractivity contribution in [3.63, 3.8) is 0 Å². The van der Waals surface area contributed by atoms with Crippen LogP contribution in [-0.2, 0) is 14.3 Å². The van der Waals surface area contributed by atoms with E-state index >= 15 is 0 Å². The third-order valence-electron chi connectivity index (χ3n) is 0.916. The van der Waals surface area contributed by atoms with E-state index in [0.29, 0.717) is 13.2 Å². The summed E-state index contributed by atoms with van der Waals surface area (Å²) in [6, 6.07) is 0. The van der Waals surface area contributed by atoms with Gasteiger partial charge in [-0.25, -0.2) is 4.79 Å². The zero-order chi connectivity index (χ0) is 5.82. The first-order valence-corrected chi connectivity index (χ1v) is 2.63. The summed E-state index contributed by atoms with van der Waals surface area (Å²) in [5.74, 6) is -0.248. The van der Waals surface area contributed by atoms with E-state index in [1.165, 1.54) is 0 Å². The van der Waals surface area contributed by atoms with Crippen LogP contribution >= 0.6 is 0 Å². The highest BCUT2D eigenvalue weighted by Crippen LogP contribution is 1.92. The molecule has 0 aromatic rings. The van der Waals surface area contributed by atoms with Gasteiger partial charge in [0.2, 0.25) is 0 Å². The largest absolute Gasteiger partial charge is 0.464 e. The first-order valence-electron chi connectivity index (χ1n) is 2.63. The second-order valence-electron chi connectivity index (χ2n) is 1.63. The van der Waals surface area contributed by atoms with Crippen molar-refractivity contribution < 1.29 is 14.3 Å². The maximum atomic E-state index is 10.3. The molecule has 0 N–H and O–H groups in total. The predicted octanol–water partition coefficient (Wildman–Crippen LogP) is -0.0501. The van der Waals surface area contributed by atoms with E-state index in [2.05, 4.69) is 4.74 Å². The number of esters is 1. The highest BCUT2D eigenvalue weighted by molar-refractivity contribution is 5.70. The molecule has 0 aromatic heterocycles. The van der Waals surface area contributed by atoms with Gasteiger partial charge in [0, 0.05) is 6.42 Å². The minimum atomic E-state index is -0.248. The molecule has 1 heterocycles. The van der Waals surface area contributed by atoms with Gasteiger partial charge in [-0.1, -0.05) is 0 Å². The molecule has 8 heavy (non-hydrogen) atoms. The lowest BCUT2D eigenvalue weighted by molar-refractivity contribution is -0.145. The molecule has 0 atom stereocenters. The van der Waals surface area contributed by atoms with Crippen molar-refractivity contribution in [2.75, 3.05) is 19.8 Å². The van der Waals surface area contributed by atoms with Crippen LogP contribution in [0.2, 0.25) is 0 Å². The van der Waals surface area contributed by atoms with Crippen LogP contribution in [0, 0.1) is 0 Å². The van der Waals surface area contributed by atoms with Gasteiger partial charge in [0.25, 0.3) is 0 Å². The lowest BCUT2D eigenvalue weighted by Gasteiger charge is -1.92. The second-order valence-corrected chi connectivity index (χ2v) is 1.63. The molecule has 0 bridgehead atoms. The molecular formula is C5H8O3. The summed E-state index contributed by atoms with van der Waals surface area (Å²) in [6.45, 7) is 1.28. The summed E-state index contributed by atoms with van der Waals surface area (Å²) in [4.78, 5) is 10.3. The molecule has 3 nitrogen and oxygen atoms in total. The highest BCUT2D eigenvalue weighted by Gasteiger charge is 2.05. The van der Waals surface area contributed by atoms with Crippen molar-refractivity contribution in [2.24, 2.45) is 0 Å². The minimum Gasteiger partial charge on any atom is -0.464 e. The Morgan fingerprint density at radius 2 is 2.25 bits per heavy atom. The summed E-state index contributed by atoms with van der Waals surface area (Å²) >= 11 is 0. The molecule has 0 aliphatic carbocycles. The number of hydrogen-bond acceptors (Lipinski definition) is 3. The Balaban J connectivity index is 2.27. The van der Waals surface area contributed by atoms with Crippen LogP contribution in [-0.4, -0.2) is 25.8 Å². The molecule has 3 heteroatoms. The highest BCUT2D eigenvalue weighted by atomic mass is 16.6. The van der Waals surface area contributed by atoms with Crippen molar-refractivity contribution in [2.45, 2.75) is 6.42 Å². The fraction of sp³-hybridized carbons (Fsp3) is 0.800. The van der Waals surface area contributed by atoms with Crippen LogP contribution in [0.3, 0.4) is 0 Å². The van der Waals surface area contributed by atoms with Gasteiger partial charge in [0.05, 0.1) is 13.2 Å². The van der Waals surface area contributed by atoms with Crippen molar-refractivity contribution >= 4 is 5.97 Å². The lowest BCUT2D eigenvalue weighted by Crippen LogP contribution is -2.07. The standard InChI is InChI=1S/C5H8O3/c6-5-4-7-2-1-3-8-5/h1-4H2. The Labute approximate surface area is 47.6 Å². The maximum absolute atomic E-state index is 10.3. The van der Waals surface area contributed by atoms with Crippen LogP contribution in [0.4, 0.5) is 0 Å². The quantitative estimate of drug-likeness (QED) is 0.416. The zero-order valence-electron chi connectivity index (χ0n) is 4.55. The second kappa shape index (κ2) is 2.67. The predicted molar refractivity (Wildman–Crippen MR) is 26.4 cm³/mol. The van der Waals surface area contributed by atoms with Crippen LogP contribution < -0.4 is 0 Å². The number of carbonyl (C=O) groups is 1. The fourth-order valence-electron chi connectivity index (χ4n) is 0.544. The average molecular weight is 116 g/mol. The molecule has 0 saturated carbocycles. The molecule has 1 fully saturated rings. The van der Waals surface area contributed by atoms with Gasteiger partial charge in [0.1, 0.15) is 6.61 Å². The first-order chi connectivity index (χ1) is 3.89. The van der Waals surface area contributed by atoms with E-state index in [-0.39, 0.29) is 12.6 Å². The van der Waals surface area contributed by atoms with E-state index in [4.69, 9.17) is 4.74 Å². The lowest BCUT2D eigenvalue weighted by atomic mass is 10.5. The third kappa shape index (κ3) is 1.50. The smallest absolute Gasteiger partial charge is 0.332 e. The molecular weight excluding hydrogens is 108 g/mol. The van der Waals surface area contributed by atoms with Gasteiger partial charge in [-0.05, 0) is 0 Å². The molecule has 1 aliphatic rings. The Bertz CT molecular complexity index is 79.7. The summed E-state index contributed by atoms with van der Waals surface area (Å²) < 4.78 is 9.47. The molecule has 0 amide bonds. The monoisotopic (exact) mass is 116 g/mol. The third-order valence-corrected chi connectivity index (χ3v) is 0.916. The number of hydrogen-bond donors (Lipinski definition) is 0. The topological polar surface area (TPSA) is 35.5 Å². The molecule has 0 aromatic carbocycles. The Morgan fingerprint density at radius 3 is 3.12 bits per heavy atom. The van der Waals surface area contributed by atoms with Crippen LogP contribution in [0.15, 0.2) is 0 Å². The van der Waals surface area contributed by atoms with Gasteiger partial charge in [-0.3, -0.25) is 0 Å². The number of carbonyl (C=O) groups excluding carboxylic acids is 1. The minimum absolute atomic E-state index is 0.125. The Morgan fingerprint density at radius 1 is 1.38 bits per heavy atom. The van der Waals surface area contributed by atoms with Gasteiger partial charge in [-0.15, -0.1) is 0 Å². The van der Waals surface area contributed by atoms with E-state index < -0.39 is 0 Å². The first kappa shape index (κ1) is 5.56. The van der Waals surface area contributed by atoms with Crippen molar-refractivity contribution in [3.8, 4) is 0 Å². The number of ether oxygens (including phenoxy) is 2. The maximum Gasteiger partial charge on any atom is 0.332 e. The summed E-state index contributed by atoms with van der Waals surface area (Å²) in [5.41, 5.74) is 0. The normalized spacial score (nSPS) is 21.8. The SMILES string of the molecule is O=C1COCCCO1. The van der Waals surface area contributed by atoms with Crippen molar-refractivity contribution in [1.29, 1.82) is 0 Å². The molecule has 46 valence electrons. The van der Waals surface area contributed by atoms with E-state index in [1.54, 1.807) is 0 Å². The van der Waals surface area contributed by atoms with Crippen LogP contribution in [0.5, 0.6) is 0 Å². The Hall–Kier alpha value is -0.570. The molecule has 1 rings (SSSR count). The van der Waals surface area contributed by atoms with Crippen LogP contribution in [0.25, 0.3) is 0 Å². The Kier molecular flexibility index (Phi) is 1.86.